The lowest BCUT2D eigenvalue weighted by Gasteiger charge is -2.25. The van der Waals surface area contributed by atoms with Crippen LogP contribution in [0.5, 0.6) is 0 Å². The minimum atomic E-state index is -0.200. The van der Waals surface area contributed by atoms with Gasteiger partial charge in [0.15, 0.2) is 0 Å². The molecule has 2 fully saturated rings. The third-order valence-corrected chi connectivity index (χ3v) is 4.04. The van der Waals surface area contributed by atoms with E-state index in [1.165, 1.54) is 0 Å². The van der Waals surface area contributed by atoms with Crippen molar-refractivity contribution in [3.63, 3.8) is 0 Å². The summed E-state index contributed by atoms with van der Waals surface area (Å²) in [6, 6.07) is 0. The van der Waals surface area contributed by atoms with Crippen molar-refractivity contribution >= 4 is 5.91 Å². The minimum absolute atomic E-state index is 0.152. The van der Waals surface area contributed by atoms with Crippen LogP contribution in [-0.4, -0.2) is 38.8 Å². The molecule has 3 rings (SSSR count). The van der Waals surface area contributed by atoms with Gasteiger partial charge < -0.3 is 10.4 Å². The molecule has 0 aliphatic heterocycles. The lowest BCUT2D eigenvalue weighted by atomic mass is 9.87. The van der Waals surface area contributed by atoms with E-state index in [9.17, 15) is 9.90 Å². The minimum Gasteiger partial charge on any atom is -0.393 e. The molecule has 0 unspecified atom stereocenters. The molecule has 2 aliphatic carbocycles. The highest BCUT2D eigenvalue weighted by Crippen LogP contribution is 2.37. The quantitative estimate of drug-likeness (QED) is 0.755. The molecule has 6 heteroatoms. The average molecular weight is 264 g/mol. The molecule has 0 bridgehead atoms. The third kappa shape index (κ3) is 3.12. The molecule has 1 aromatic heterocycles. The van der Waals surface area contributed by atoms with Gasteiger partial charge in [-0.2, -0.15) is 0 Å². The molecule has 1 aromatic rings. The summed E-state index contributed by atoms with van der Waals surface area (Å²) in [4.78, 5) is 16.1. The summed E-state index contributed by atoms with van der Waals surface area (Å²) in [6.45, 7) is 0.652. The van der Waals surface area contributed by atoms with Crippen LogP contribution >= 0.6 is 0 Å². The lowest BCUT2D eigenvalue weighted by Crippen LogP contribution is -2.32. The van der Waals surface area contributed by atoms with Gasteiger partial charge in [-0.1, -0.05) is 0 Å². The fourth-order valence-electron chi connectivity index (χ4n) is 2.58. The normalized spacial score (nSPS) is 27.2. The molecule has 0 spiro atoms. The van der Waals surface area contributed by atoms with E-state index in [0.717, 1.165) is 44.3 Å². The first-order valence-corrected chi connectivity index (χ1v) is 7.11. The Morgan fingerprint density at radius 2 is 2.00 bits per heavy atom. The molecule has 1 heterocycles. The number of nitrogens with one attached hydrogen (secondary N) is 2. The van der Waals surface area contributed by atoms with Crippen LogP contribution in [0.25, 0.3) is 0 Å². The Kier molecular flexibility index (Phi) is 3.50. The van der Waals surface area contributed by atoms with Crippen LogP contribution in [0.4, 0.5) is 0 Å². The van der Waals surface area contributed by atoms with Crippen molar-refractivity contribution < 1.29 is 9.90 Å². The summed E-state index contributed by atoms with van der Waals surface area (Å²) in [5.41, 5.74) is 0. The number of hydrogen-bond acceptors (Lipinski definition) is 4. The first-order valence-electron chi connectivity index (χ1n) is 7.11. The van der Waals surface area contributed by atoms with Gasteiger partial charge in [-0.3, -0.25) is 9.89 Å². The Bertz CT molecular complexity index is 447. The number of carbonyl (C=O) groups excluding carboxylic acids is 1. The highest BCUT2D eigenvalue weighted by atomic mass is 16.3. The van der Waals surface area contributed by atoms with Crippen LogP contribution in [0.3, 0.4) is 0 Å². The number of aliphatic hydroxyl groups is 1. The van der Waals surface area contributed by atoms with Crippen LogP contribution in [0, 0.1) is 5.92 Å². The lowest BCUT2D eigenvalue weighted by molar-refractivity contribution is 0.0901. The van der Waals surface area contributed by atoms with Crippen molar-refractivity contribution in [2.24, 2.45) is 5.92 Å². The summed E-state index contributed by atoms with van der Waals surface area (Å²) in [7, 11) is 0. The Hall–Kier alpha value is -1.43. The molecule has 2 saturated carbocycles. The predicted octanol–water partition coefficient (Wildman–Crippen LogP) is 0.963. The SMILES string of the molecule is O=C(NCC1CCC(O)CC1)c1n[nH]c(C2CC2)n1. The third-order valence-electron chi connectivity index (χ3n) is 4.04. The molecule has 0 radical (unpaired) electrons. The van der Waals surface area contributed by atoms with Crippen LogP contribution in [0.15, 0.2) is 0 Å². The number of hydrogen-bond donors (Lipinski definition) is 3. The van der Waals surface area contributed by atoms with E-state index in [2.05, 4.69) is 20.5 Å². The van der Waals surface area contributed by atoms with Crippen LogP contribution in [-0.2, 0) is 0 Å². The van der Waals surface area contributed by atoms with Crippen LogP contribution in [0.2, 0.25) is 0 Å². The van der Waals surface area contributed by atoms with Crippen molar-refractivity contribution in [3.05, 3.63) is 11.6 Å². The van der Waals surface area contributed by atoms with E-state index in [4.69, 9.17) is 0 Å². The van der Waals surface area contributed by atoms with E-state index in [0.29, 0.717) is 18.4 Å². The summed E-state index contributed by atoms with van der Waals surface area (Å²) < 4.78 is 0. The van der Waals surface area contributed by atoms with Crippen molar-refractivity contribution in [1.29, 1.82) is 0 Å². The molecule has 0 atom stereocenters. The zero-order valence-corrected chi connectivity index (χ0v) is 10.9. The standard InChI is InChI=1S/C13H20N4O2/c18-10-5-1-8(2-6-10)7-14-13(19)12-15-11(16-17-12)9-3-4-9/h8-10,18H,1-7H2,(H,14,19)(H,15,16,17). The number of rotatable bonds is 4. The van der Waals surface area contributed by atoms with E-state index in [1.54, 1.807) is 0 Å². The first-order chi connectivity index (χ1) is 9.22. The molecular weight excluding hydrogens is 244 g/mol. The number of carbonyl (C=O) groups is 1. The maximum Gasteiger partial charge on any atom is 0.290 e. The van der Waals surface area contributed by atoms with Gasteiger partial charge in [0, 0.05) is 12.5 Å². The predicted molar refractivity (Wildman–Crippen MR) is 68.7 cm³/mol. The molecular formula is C13H20N4O2. The second-order valence-corrected chi connectivity index (χ2v) is 5.70. The van der Waals surface area contributed by atoms with Gasteiger partial charge in [0.2, 0.25) is 5.82 Å². The molecule has 0 aromatic carbocycles. The van der Waals surface area contributed by atoms with Crippen molar-refractivity contribution in [2.75, 3.05) is 6.54 Å². The number of H-pyrrole nitrogens is 1. The van der Waals surface area contributed by atoms with E-state index < -0.39 is 0 Å². The summed E-state index contributed by atoms with van der Waals surface area (Å²) in [6.07, 6.45) is 5.76. The molecule has 19 heavy (non-hydrogen) atoms. The van der Waals surface area contributed by atoms with Gasteiger partial charge in [0.1, 0.15) is 5.82 Å². The monoisotopic (exact) mass is 264 g/mol. The van der Waals surface area contributed by atoms with Crippen molar-refractivity contribution in [1.82, 2.24) is 20.5 Å². The second kappa shape index (κ2) is 5.28. The molecule has 104 valence electrons. The largest absolute Gasteiger partial charge is 0.393 e. The van der Waals surface area contributed by atoms with Gasteiger partial charge in [0.25, 0.3) is 5.91 Å². The van der Waals surface area contributed by atoms with E-state index in [1.807, 2.05) is 0 Å². The van der Waals surface area contributed by atoms with Crippen molar-refractivity contribution in [3.8, 4) is 0 Å². The Balaban J connectivity index is 1.47. The number of nitrogens with zero attached hydrogens (tertiary/aromatic N) is 2. The Labute approximate surface area is 112 Å². The fourth-order valence-corrected chi connectivity index (χ4v) is 2.58. The van der Waals surface area contributed by atoms with Gasteiger partial charge in [0.05, 0.1) is 6.10 Å². The van der Waals surface area contributed by atoms with Crippen LogP contribution < -0.4 is 5.32 Å². The highest BCUT2D eigenvalue weighted by Gasteiger charge is 2.28. The highest BCUT2D eigenvalue weighted by molar-refractivity contribution is 5.90. The average Bonchev–Trinajstić information content (AvgIpc) is 3.15. The zero-order chi connectivity index (χ0) is 13.2. The van der Waals surface area contributed by atoms with Crippen molar-refractivity contribution in [2.45, 2.75) is 50.5 Å². The van der Waals surface area contributed by atoms with E-state index in [-0.39, 0.29) is 17.8 Å². The molecule has 0 saturated heterocycles. The topological polar surface area (TPSA) is 90.9 Å². The molecule has 2 aliphatic rings. The summed E-state index contributed by atoms with van der Waals surface area (Å²) in [5.74, 6) is 1.83. The van der Waals surface area contributed by atoms with Gasteiger partial charge in [-0.25, -0.2) is 4.98 Å². The number of aliphatic hydroxyl groups excluding tert-OH is 1. The maximum atomic E-state index is 11.9. The Morgan fingerprint density at radius 3 is 2.68 bits per heavy atom. The molecule has 1 amide bonds. The first kappa shape index (κ1) is 12.6. The second-order valence-electron chi connectivity index (χ2n) is 5.70. The molecule has 3 N–H and O–H groups in total. The van der Waals surface area contributed by atoms with Gasteiger partial charge >= 0.3 is 0 Å². The molecule has 6 nitrogen and oxygen atoms in total. The van der Waals surface area contributed by atoms with E-state index >= 15 is 0 Å². The smallest absolute Gasteiger partial charge is 0.290 e. The summed E-state index contributed by atoms with van der Waals surface area (Å²) in [5, 5.41) is 19.1. The number of amides is 1. The fraction of sp³-hybridized carbons (Fsp3) is 0.769. The number of aromatic nitrogens is 3. The van der Waals surface area contributed by atoms with Crippen LogP contribution in [0.1, 0.15) is 60.9 Å². The zero-order valence-electron chi connectivity index (χ0n) is 10.9. The van der Waals surface area contributed by atoms with Gasteiger partial charge in [-0.15, -0.1) is 5.10 Å². The number of aromatic amines is 1. The van der Waals surface area contributed by atoms with Gasteiger partial charge in [-0.05, 0) is 44.4 Å². The maximum absolute atomic E-state index is 11.9. The Morgan fingerprint density at radius 1 is 1.26 bits per heavy atom. The summed E-state index contributed by atoms with van der Waals surface area (Å²) >= 11 is 0.